The van der Waals surface area contributed by atoms with E-state index in [-0.39, 0.29) is 35.3 Å². The monoisotopic (exact) mass is 540 g/mol. The van der Waals surface area contributed by atoms with Crippen LogP contribution in [-0.2, 0) is 10.2 Å². The van der Waals surface area contributed by atoms with Gasteiger partial charge >= 0.3 is 0 Å². The number of halogens is 1. The molecule has 174 valence electrons. The molecule has 31 heavy (non-hydrogen) atoms. The van der Waals surface area contributed by atoms with E-state index in [1.54, 1.807) is 7.05 Å². The molecule has 5 nitrogen and oxygen atoms in total. The molecule has 0 aromatic heterocycles. The molecule has 0 bridgehead atoms. The van der Waals surface area contributed by atoms with Crippen LogP contribution in [0, 0.1) is 12.8 Å². The van der Waals surface area contributed by atoms with Crippen LogP contribution in [0.15, 0.2) is 29.3 Å². The zero-order valence-corrected chi connectivity index (χ0v) is 21.9. The van der Waals surface area contributed by atoms with Crippen LogP contribution in [0.25, 0.3) is 0 Å². The second kappa shape index (κ2) is 12.7. The van der Waals surface area contributed by atoms with Crippen LogP contribution in [0.1, 0.15) is 69.4 Å². The molecule has 2 aliphatic rings. The van der Waals surface area contributed by atoms with Gasteiger partial charge in [-0.15, -0.1) is 24.0 Å². The van der Waals surface area contributed by atoms with E-state index >= 15 is 0 Å². The van der Waals surface area contributed by atoms with Gasteiger partial charge in [-0.05, 0) is 56.6 Å². The summed E-state index contributed by atoms with van der Waals surface area (Å²) < 4.78 is 0. The van der Waals surface area contributed by atoms with Gasteiger partial charge in [-0.2, -0.15) is 0 Å². The van der Waals surface area contributed by atoms with Crippen molar-refractivity contribution in [2.24, 2.45) is 10.9 Å². The molecule has 0 atom stereocenters. The Bertz CT molecular complexity index is 722. The maximum atomic E-state index is 11.7. The summed E-state index contributed by atoms with van der Waals surface area (Å²) in [5, 5.41) is 6.30. The number of aryl methyl sites for hydroxylation is 1. The molecule has 1 aliphatic heterocycles. The molecule has 1 saturated heterocycles. The normalized spacial score (nSPS) is 19.5. The summed E-state index contributed by atoms with van der Waals surface area (Å²) in [4.78, 5) is 19.3. The van der Waals surface area contributed by atoms with Crippen molar-refractivity contribution < 1.29 is 4.79 Å². The topological polar surface area (TPSA) is 56.7 Å². The lowest BCUT2D eigenvalue weighted by atomic mass is 9.68. The average molecular weight is 541 g/mol. The first-order valence-corrected chi connectivity index (χ1v) is 11.9. The Morgan fingerprint density at radius 3 is 2.45 bits per heavy atom. The number of nitrogens with one attached hydrogen (secondary N) is 2. The third-order valence-electron chi connectivity index (χ3n) is 7.06. The molecule has 2 N–H and O–H groups in total. The van der Waals surface area contributed by atoms with Crippen LogP contribution < -0.4 is 10.6 Å². The Kier molecular flexibility index (Phi) is 10.6. The second-order valence-electron chi connectivity index (χ2n) is 9.13. The number of amides is 1. The molecule has 3 rings (SSSR count). The second-order valence-corrected chi connectivity index (χ2v) is 9.13. The Hall–Kier alpha value is -1.31. The number of aliphatic imine (C=N–C) groups is 1. The lowest BCUT2D eigenvalue weighted by Crippen LogP contribution is -2.47. The minimum atomic E-state index is 0. The van der Waals surface area contributed by atoms with Gasteiger partial charge in [0.1, 0.15) is 0 Å². The molecule has 2 fully saturated rings. The molecular weight excluding hydrogens is 499 g/mol. The van der Waals surface area contributed by atoms with E-state index in [1.165, 1.54) is 43.2 Å². The minimum absolute atomic E-state index is 0. The fourth-order valence-corrected chi connectivity index (χ4v) is 5.27. The number of hydrogen-bond donors (Lipinski definition) is 2. The maximum absolute atomic E-state index is 11.7. The smallest absolute Gasteiger partial charge is 0.220 e. The van der Waals surface area contributed by atoms with Gasteiger partial charge in [0.2, 0.25) is 5.91 Å². The van der Waals surface area contributed by atoms with Crippen molar-refractivity contribution in [2.45, 2.75) is 70.6 Å². The fourth-order valence-electron chi connectivity index (χ4n) is 5.27. The molecule has 1 saturated carbocycles. The minimum Gasteiger partial charge on any atom is -0.359 e. The summed E-state index contributed by atoms with van der Waals surface area (Å²) in [5.74, 6) is 1.70. The van der Waals surface area contributed by atoms with Crippen molar-refractivity contribution in [1.82, 2.24) is 15.5 Å². The molecule has 6 heteroatoms. The summed E-state index contributed by atoms with van der Waals surface area (Å²) in [7, 11) is 1.73. The molecular formula is C25H41IN4O. The molecule has 0 radical (unpaired) electrons. The first-order valence-electron chi connectivity index (χ1n) is 11.9. The lowest BCUT2D eigenvalue weighted by Gasteiger charge is -2.39. The molecule has 1 amide bonds. The third-order valence-corrected chi connectivity index (χ3v) is 7.06. The Morgan fingerprint density at radius 2 is 1.84 bits per heavy atom. The van der Waals surface area contributed by atoms with Crippen LogP contribution in [0.4, 0.5) is 0 Å². The van der Waals surface area contributed by atoms with Crippen LogP contribution in [0.3, 0.4) is 0 Å². The number of guanidine groups is 1. The number of rotatable bonds is 6. The highest BCUT2D eigenvalue weighted by molar-refractivity contribution is 14.0. The van der Waals surface area contributed by atoms with Crippen LogP contribution in [0.5, 0.6) is 0 Å². The van der Waals surface area contributed by atoms with E-state index in [0.717, 1.165) is 45.0 Å². The Labute approximate surface area is 205 Å². The standard InChI is InChI=1S/C25H40N4O.HI/c1-4-27-24(29-16-12-21(13-17-29)18-23(30)26-3)28-19-25(14-8-5-9-15-25)22-11-7-6-10-20(22)2;/h6-7,10-11,21H,4-5,8-9,12-19H2,1-3H3,(H,26,30)(H,27,28);1H. The first kappa shape index (κ1) is 25.9. The summed E-state index contributed by atoms with van der Waals surface area (Å²) in [6.07, 6.45) is 9.16. The molecule has 1 aromatic carbocycles. The van der Waals surface area contributed by atoms with Gasteiger partial charge in [-0.1, -0.05) is 43.5 Å². The Morgan fingerprint density at radius 1 is 1.16 bits per heavy atom. The molecule has 0 spiro atoms. The zero-order chi connectivity index (χ0) is 21.4. The van der Waals surface area contributed by atoms with Gasteiger partial charge in [0, 0.05) is 38.5 Å². The van der Waals surface area contributed by atoms with E-state index in [9.17, 15) is 4.79 Å². The first-order chi connectivity index (χ1) is 14.6. The predicted octanol–water partition coefficient (Wildman–Crippen LogP) is 4.63. The number of carbonyl (C=O) groups excluding carboxylic acids is 1. The van der Waals surface area contributed by atoms with Crippen molar-refractivity contribution in [3.8, 4) is 0 Å². The van der Waals surface area contributed by atoms with Crippen LogP contribution in [0.2, 0.25) is 0 Å². The highest BCUT2D eigenvalue weighted by Crippen LogP contribution is 2.41. The maximum Gasteiger partial charge on any atom is 0.220 e. The van der Waals surface area contributed by atoms with E-state index in [0.29, 0.717) is 12.3 Å². The lowest BCUT2D eigenvalue weighted by molar-refractivity contribution is -0.121. The molecule has 1 aromatic rings. The van der Waals surface area contributed by atoms with Crippen LogP contribution >= 0.6 is 24.0 Å². The van der Waals surface area contributed by atoms with Gasteiger partial charge < -0.3 is 15.5 Å². The van der Waals surface area contributed by atoms with E-state index in [1.807, 2.05) is 0 Å². The predicted molar refractivity (Wildman–Crippen MR) is 140 cm³/mol. The highest BCUT2D eigenvalue weighted by atomic mass is 127. The van der Waals surface area contributed by atoms with E-state index < -0.39 is 0 Å². The summed E-state index contributed by atoms with van der Waals surface area (Å²) in [6, 6.07) is 8.90. The number of likely N-dealkylation sites (tertiary alicyclic amines) is 1. The largest absolute Gasteiger partial charge is 0.359 e. The van der Waals surface area contributed by atoms with Crippen molar-refractivity contribution >= 4 is 35.8 Å². The number of nitrogens with zero attached hydrogens (tertiary/aromatic N) is 2. The fraction of sp³-hybridized carbons (Fsp3) is 0.680. The summed E-state index contributed by atoms with van der Waals surface area (Å²) in [6.45, 7) is 8.09. The van der Waals surface area contributed by atoms with Gasteiger partial charge in [-0.3, -0.25) is 9.79 Å². The SMILES string of the molecule is CCNC(=NCC1(c2ccccc2C)CCCCC1)N1CCC(CC(=O)NC)CC1.I. The highest BCUT2D eigenvalue weighted by Gasteiger charge is 2.35. The van der Waals surface area contributed by atoms with Gasteiger partial charge in [0.15, 0.2) is 5.96 Å². The van der Waals surface area contributed by atoms with E-state index in [4.69, 9.17) is 4.99 Å². The quantitative estimate of drug-likeness (QED) is 0.315. The van der Waals surface area contributed by atoms with Crippen molar-refractivity contribution in [3.63, 3.8) is 0 Å². The van der Waals surface area contributed by atoms with Gasteiger partial charge in [-0.25, -0.2) is 0 Å². The summed E-state index contributed by atoms with van der Waals surface area (Å²) in [5.41, 5.74) is 3.06. The average Bonchev–Trinajstić information content (AvgIpc) is 2.78. The van der Waals surface area contributed by atoms with Crippen molar-refractivity contribution in [2.75, 3.05) is 33.2 Å². The van der Waals surface area contributed by atoms with Crippen LogP contribution in [-0.4, -0.2) is 50.0 Å². The molecule has 1 aliphatic carbocycles. The van der Waals surface area contributed by atoms with Gasteiger partial charge in [0.05, 0.1) is 6.54 Å². The molecule has 0 unspecified atom stereocenters. The molecule has 1 heterocycles. The van der Waals surface area contributed by atoms with Crippen molar-refractivity contribution in [1.29, 1.82) is 0 Å². The number of benzene rings is 1. The number of piperidine rings is 1. The van der Waals surface area contributed by atoms with Gasteiger partial charge in [0.25, 0.3) is 0 Å². The summed E-state index contributed by atoms with van der Waals surface area (Å²) >= 11 is 0. The van der Waals surface area contributed by atoms with Crippen molar-refractivity contribution in [3.05, 3.63) is 35.4 Å². The third kappa shape index (κ3) is 6.83. The Balaban J connectivity index is 0.00000341. The van der Waals surface area contributed by atoms with E-state index in [2.05, 4.69) is 53.6 Å². The zero-order valence-electron chi connectivity index (χ0n) is 19.6. The number of hydrogen-bond acceptors (Lipinski definition) is 2. The number of carbonyl (C=O) groups is 1.